The fraction of sp³-hybridized carbons (Fsp3) is 0.613. The van der Waals surface area contributed by atoms with E-state index >= 15 is 4.39 Å². The van der Waals surface area contributed by atoms with Gasteiger partial charge in [-0.15, -0.1) is 13.2 Å². The molecule has 2 aliphatic carbocycles. The van der Waals surface area contributed by atoms with Crippen LogP contribution >= 0.6 is 0 Å². The largest absolute Gasteiger partial charge is 0.573 e. The molecular weight excluding hydrogens is 550 g/mol. The van der Waals surface area contributed by atoms with E-state index in [4.69, 9.17) is 14.2 Å². The quantitative estimate of drug-likeness (QED) is 0.303. The van der Waals surface area contributed by atoms with Gasteiger partial charge >= 0.3 is 12.5 Å². The standard InChI is InChI=1S/C31H36F6O4/c1-19-2-4-20(5-3-19)23-17-38-29(39-18-23)22-8-15-27(28(32)16-22)21-6-9-24(10-7-21)30(33,34)40-25-11-13-26(14-12-25)41-31(35,36)37/h8,11-16,19-21,23-24,29H,2-7,9-10,17-18H2,1H3. The van der Waals surface area contributed by atoms with Crippen LogP contribution in [-0.4, -0.2) is 25.7 Å². The molecular formula is C31H36F6O4. The van der Waals surface area contributed by atoms with Crippen molar-refractivity contribution in [2.45, 2.75) is 83.0 Å². The lowest BCUT2D eigenvalue weighted by atomic mass is 9.76. The van der Waals surface area contributed by atoms with Crippen molar-refractivity contribution in [1.29, 1.82) is 0 Å². The lowest BCUT2D eigenvalue weighted by molar-refractivity contribution is -0.274. The maximum absolute atomic E-state index is 15.2. The second-order valence-electron chi connectivity index (χ2n) is 11.8. The Hall–Kier alpha value is -2.46. The number of halogens is 6. The molecule has 5 rings (SSSR count). The number of alkyl halides is 5. The molecule has 0 radical (unpaired) electrons. The van der Waals surface area contributed by atoms with Gasteiger partial charge in [0.25, 0.3) is 0 Å². The first-order valence-corrected chi connectivity index (χ1v) is 14.4. The SMILES string of the molecule is CC1CCC(C2COC(c3ccc(C4CCC(C(F)(F)Oc5ccc(OC(F)(F)F)cc5)CC4)c(F)c3)OC2)CC1. The Balaban J connectivity index is 1.11. The second kappa shape index (κ2) is 12.4. The number of rotatable bonds is 7. The van der Waals surface area contributed by atoms with Crippen LogP contribution in [0.3, 0.4) is 0 Å². The van der Waals surface area contributed by atoms with Crippen molar-refractivity contribution in [3.8, 4) is 11.5 Å². The minimum absolute atomic E-state index is 0.115. The fourth-order valence-electron chi connectivity index (χ4n) is 6.45. The number of ether oxygens (including phenoxy) is 4. The van der Waals surface area contributed by atoms with Crippen molar-refractivity contribution in [3.05, 3.63) is 59.4 Å². The Morgan fingerprint density at radius 1 is 0.707 bits per heavy atom. The number of benzene rings is 2. The van der Waals surface area contributed by atoms with Crippen LogP contribution in [0.2, 0.25) is 0 Å². The fourth-order valence-corrected chi connectivity index (χ4v) is 6.45. The van der Waals surface area contributed by atoms with E-state index in [1.54, 1.807) is 12.1 Å². The molecule has 0 atom stereocenters. The van der Waals surface area contributed by atoms with Crippen molar-refractivity contribution < 1.29 is 45.3 Å². The molecule has 0 unspecified atom stereocenters. The molecule has 226 valence electrons. The molecule has 3 fully saturated rings. The van der Waals surface area contributed by atoms with Gasteiger partial charge in [-0.2, -0.15) is 8.78 Å². The van der Waals surface area contributed by atoms with Crippen molar-refractivity contribution in [3.63, 3.8) is 0 Å². The third-order valence-corrected chi connectivity index (χ3v) is 8.90. The lowest BCUT2D eigenvalue weighted by Crippen LogP contribution is -2.37. The van der Waals surface area contributed by atoms with Crippen molar-refractivity contribution >= 4 is 0 Å². The van der Waals surface area contributed by atoms with Crippen LogP contribution in [0.15, 0.2) is 42.5 Å². The molecule has 10 heteroatoms. The summed E-state index contributed by atoms with van der Waals surface area (Å²) in [4.78, 5) is 0. The maximum Gasteiger partial charge on any atom is 0.573 e. The number of hydrogen-bond acceptors (Lipinski definition) is 4. The molecule has 1 saturated heterocycles. The first kappa shape index (κ1) is 30.0. The minimum Gasteiger partial charge on any atom is -0.432 e. The summed E-state index contributed by atoms with van der Waals surface area (Å²) in [6, 6.07) is 8.78. The lowest BCUT2D eigenvalue weighted by Gasteiger charge is -2.37. The normalized spacial score (nSPS) is 29.6. The van der Waals surface area contributed by atoms with Crippen LogP contribution in [0.1, 0.15) is 81.6 Å². The smallest absolute Gasteiger partial charge is 0.432 e. The average Bonchev–Trinajstić information content (AvgIpc) is 2.94. The van der Waals surface area contributed by atoms with Crippen LogP contribution in [0.5, 0.6) is 11.5 Å². The van der Waals surface area contributed by atoms with Crippen molar-refractivity contribution in [1.82, 2.24) is 0 Å². The summed E-state index contributed by atoms with van der Waals surface area (Å²) in [6.45, 7) is 3.48. The van der Waals surface area contributed by atoms with Gasteiger partial charge in [-0.25, -0.2) is 4.39 Å². The summed E-state index contributed by atoms with van der Waals surface area (Å²) < 4.78 is 102. The molecule has 2 aromatic rings. The summed E-state index contributed by atoms with van der Waals surface area (Å²) in [6.07, 6.45) is -3.20. The van der Waals surface area contributed by atoms with Gasteiger partial charge in [0, 0.05) is 11.5 Å². The highest BCUT2D eigenvalue weighted by molar-refractivity contribution is 5.32. The molecule has 1 heterocycles. The first-order valence-electron chi connectivity index (χ1n) is 14.4. The minimum atomic E-state index is -4.88. The highest BCUT2D eigenvalue weighted by Crippen LogP contribution is 2.44. The molecule has 41 heavy (non-hydrogen) atoms. The van der Waals surface area contributed by atoms with Crippen LogP contribution in [-0.2, 0) is 9.47 Å². The van der Waals surface area contributed by atoms with E-state index in [2.05, 4.69) is 11.7 Å². The van der Waals surface area contributed by atoms with E-state index in [9.17, 15) is 22.0 Å². The Morgan fingerprint density at radius 3 is 1.85 bits per heavy atom. The Morgan fingerprint density at radius 2 is 1.29 bits per heavy atom. The third-order valence-electron chi connectivity index (χ3n) is 8.90. The van der Waals surface area contributed by atoms with E-state index in [0.29, 0.717) is 49.0 Å². The van der Waals surface area contributed by atoms with Crippen LogP contribution < -0.4 is 9.47 Å². The predicted molar refractivity (Wildman–Crippen MR) is 139 cm³/mol. The average molecular weight is 587 g/mol. The number of hydrogen-bond donors (Lipinski definition) is 0. The van der Waals surface area contributed by atoms with Gasteiger partial charge in [0.2, 0.25) is 0 Å². The van der Waals surface area contributed by atoms with Crippen molar-refractivity contribution in [2.24, 2.45) is 23.7 Å². The molecule has 2 saturated carbocycles. The van der Waals surface area contributed by atoms with Crippen molar-refractivity contribution in [2.75, 3.05) is 13.2 Å². The molecule has 0 aromatic heterocycles. The summed E-state index contributed by atoms with van der Waals surface area (Å²) in [5.41, 5.74) is 1.10. The molecule has 0 N–H and O–H groups in total. The topological polar surface area (TPSA) is 36.9 Å². The van der Waals surface area contributed by atoms with Gasteiger partial charge in [-0.05, 0) is 92.2 Å². The van der Waals surface area contributed by atoms with Gasteiger partial charge < -0.3 is 18.9 Å². The zero-order valence-electron chi connectivity index (χ0n) is 23.0. The first-order chi connectivity index (χ1) is 19.5. The molecule has 0 spiro atoms. The van der Waals surface area contributed by atoms with Gasteiger partial charge in [0.15, 0.2) is 6.29 Å². The van der Waals surface area contributed by atoms with Gasteiger partial charge in [-0.1, -0.05) is 31.9 Å². The molecule has 0 bridgehead atoms. The Bertz CT molecular complexity index is 1130. The second-order valence-corrected chi connectivity index (χ2v) is 11.8. The van der Waals surface area contributed by atoms with Crippen LogP contribution in [0.25, 0.3) is 0 Å². The van der Waals surface area contributed by atoms with Gasteiger partial charge in [0.1, 0.15) is 17.3 Å². The maximum atomic E-state index is 15.2. The van der Waals surface area contributed by atoms with E-state index in [0.717, 1.165) is 30.2 Å². The van der Waals surface area contributed by atoms with E-state index in [1.165, 1.54) is 31.7 Å². The summed E-state index contributed by atoms with van der Waals surface area (Å²) in [5.74, 6) is -0.743. The molecule has 3 aliphatic rings. The monoisotopic (exact) mass is 586 g/mol. The zero-order valence-corrected chi connectivity index (χ0v) is 23.0. The Kier molecular flexibility index (Phi) is 9.09. The van der Waals surface area contributed by atoms with Gasteiger partial charge in [-0.3, -0.25) is 0 Å². The third kappa shape index (κ3) is 7.69. The summed E-state index contributed by atoms with van der Waals surface area (Å²) >= 11 is 0. The predicted octanol–water partition coefficient (Wildman–Crippen LogP) is 9.16. The summed E-state index contributed by atoms with van der Waals surface area (Å²) in [7, 11) is 0. The molecule has 1 aliphatic heterocycles. The summed E-state index contributed by atoms with van der Waals surface area (Å²) in [5, 5.41) is 0. The van der Waals surface area contributed by atoms with E-state index in [-0.39, 0.29) is 24.5 Å². The van der Waals surface area contributed by atoms with Crippen LogP contribution in [0, 0.1) is 29.5 Å². The zero-order chi connectivity index (χ0) is 29.2. The highest BCUT2D eigenvalue weighted by atomic mass is 19.4. The Labute approximate surface area is 236 Å². The van der Waals surface area contributed by atoms with E-state index < -0.39 is 36.2 Å². The van der Waals surface area contributed by atoms with E-state index in [1.807, 2.05) is 0 Å². The molecule has 0 amide bonds. The van der Waals surface area contributed by atoms with Crippen LogP contribution in [0.4, 0.5) is 26.3 Å². The van der Waals surface area contributed by atoms with Gasteiger partial charge in [0.05, 0.1) is 19.1 Å². The highest BCUT2D eigenvalue weighted by Gasteiger charge is 2.44. The molecule has 2 aromatic carbocycles. The molecule has 4 nitrogen and oxygen atoms in total.